The quantitative estimate of drug-likeness (QED) is 0.853. The summed E-state index contributed by atoms with van der Waals surface area (Å²) in [5.41, 5.74) is 0.384. The molecule has 2 unspecified atom stereocenters. The van der Waals surface area contributed by atoms with Crippen molar-refractivity contribution in [3.63, 3.8) is 0 Å². The molecule has 104 valence electrons. The van der Waals surface area contributed by atoms with Gasteiger partial charge >= 0.3 is 0 Å². The lowest BCUT2D eigenvalue weighted by molar-refractivity contribution is 0.0938. The number of sulfone groups is 1. The van der Waals surface area contributed by atoms with Gasteiger partial charge in [-0.3, -0.25) is 4.79 Å². The maximum Gasteiger partial charge on any atom is 0.251 e. The largest absolute Gasteiger partial charge is 0.348 e. The molecule has 1 amide bonds. The fourth-order valence-electron chi connectivity index (χ4n) is 2.20. The van der Waals surface area contributed by atoms with E-state index in [9.17, 15) is 13.2 Å². The van der Waals surface area contributed by atoms with E-state index in [0.29, 0.717) is 10.4 Å². The molecule has 2 atom stereocenters. The Morgan fingerprint density at radius 1 is 1.37 bits per heavy atom. The van der Waals surface area contributed by atoms with Gasteiger partial charge in [0, 0.05) is 22.7 Å². The third-order valence-corrected chi connectivity index (χ3v) is 5.48. The van der Waals surface area contributed by atoms with Gasteiger partial charge in [-0.25, -0.2) is 8.42 Å². The average Bonchev–Trinajstić information content (AvgIpc) is 2.74. The lowest BCUT2D eigenvalue weighted by atomic mass is 10.2. The number of alkyl halides is 1. The standard InChI is InChI=1S/C13H16BrNO3S/c1-19(17,18)10-5-2-4-9(8-10)13(16)15-12-7-3-6-11(12)14/h2,4-5,8,11-12H,3,6-7H2,1H3,(H,15,16). The Kier molecular flexibility index (Phi) is 4.30. The van der Waals surface area contributed by atoms with Crippen molar-refractivity contribution in [3.8, 4) is 0 Å². The van der Waals surface area contributed by atoms with Crippen molar-refractivity contribution in [2.45, 2.75) is 35.0 Å². The molecule has 0 bridgehead atoms. The van der Waals surface area contributed by atoms with Gasteiger partial charge in [0.25, 0.3) is 5.91 Å². The second kappa shape index (κ2) is 5.63. The van der Waals surface area contributed by atoms with Gasteiger partial charge in [0.15, 0.2) is 9.84 Å². The summed E-state index contributed by atoms with van der Waals surface area (Å²) >= 11 is 3.54. The minimum Gasteiger partial charge on any atom is -0.348 e. The minimum atomic E-state index is -3.29. The highest BCUT2D eigenvalue weighted by Gasteiger charge is 2.26. The van der Waals surface area contributed by atoms with Crippen molar-refractivity contribution in [1.82, 2.24) is 5.32 Å². The fraction of sp³-hybridized carbons (Fsp3) is 0.462. The highest BCUT2D eigenvalue weighted by atomic mass is 79.9. The first-order chi connectivity index (χ1) is 8.88. The van der Waals surface area contributed by atoms with E-state index in [1.807, 2.05) is 0 Å². The normalized spacial score (nSPS) is 23.3. The molecular formula is C13H16BrNO3S. The van der Waals surface area contributed by atoms with Gasteiger partial charge in [-0.2, -0.15) is 0 Å². The van der Waals surface area contributed by atoms with Gasteiger partial charge in [-0.1, -0.05) is 28.4 Å². The van der Waals surface area contributed by atoms with Crippen molar-refractivity contribution >= 4 is 31.7 Å². The van der Waals surface area contributed by atoms with Gasteiger partial charge < -0.3 is 5.32 Å². The van der Waals surface area contributed by atoms with E-state index in [2.05, 4.69) is 21.2 Å². The van der Waals surface area contributed by atoms with Crippen LogP contribution in [0, 0.1) is 0 Å². The maximum absolute atomic E-state index is 12.1. The minimum absolute atomic E-state index is 0.120. The van der Waals surface area contributed by atoms with Crippen LogP contribution in [0.4, 0.5) is 0 Å². The summed E-state index contributed by atoms with van der Waals surface area (Å²) in [6.07, 6.45) is 4.22. The molecule has 4 nitrogen and oxygen atoms in total. The third kappa shape index (κ3) is 3.57. The van der Waals surface area contributed by atoms with Gasteiger partial charge in [0.2, 0.25) is 0 Å². The van der Waals surface area contributed by atoms with Crippen LogP contribution < -0.4 is 5.32 Å². The van der Waals surface area contributed by atoms with E-state index in [1.165, 1.54) is 12.1 Å². The summed E-state index contributed by atoms with van der Waals surface area (Å²) in [4.78, 5) is 12.6. The first-order valence-electron chi connectivity index (χ1n) is 6.13. The zero-order valence-corrected chi connectivity index (χ0v) is 13.0. The van der Waals surface area contributed by atoms with Crippen molar-refractivity contribution < 1.29 is 13.2 Å². The summed E-state index contributed by atoms with van der Waals surface area (Å²) < 4.78 is 22.9. The molecule has 1 aromatic rings. The Balaban J connectivity index is 2.15. The molecule has 1 aliphatic carbocycles. The van der Waals surface area contributed by atoms with Crippen molar-refractivity contribution in [2.75, 3.05) is 6.26 Å². The summed E-state index contributed by atoms with van der Waals surface area (Å²) in [5.74, 6) is -0.221. The fourth-order valence-corrected chi connectivity index (χ4v) is 3.58. The van der Waals surface area contributed by atoms with Crippen LogP contribution in [-0.4, -0.2) is 31.4 Å². The first-order valence-corrected chi connectivity index (χ1v) is 8.94. The Hall–Kier alpha value is -0.880. The molecule has 1 N–H and O–H groups in total. The summed E-state index contributed by atoms with van der Waals surface area (Å²) in [7, 11) is -3.29. The van der Waals surface area contributed by atoms with Crippen LogP contribution in [0.1, 0.15) is 29.6 Å². The molecule has 1 aliphatic rings. The van der Waals surface area contributed by atoms with E-state index in [0.717, 1.165) is 25.5 Å². The molecule has 0 saturated heterocycles. The molecule has 1 fully saturated rings. The summed E-state index contributed by atoms with van der Waals surface area (Å²) in [6, 6.07) is 6.25. The second-order valence-electron chi connectivity index (χ2n) is 4.83. The van der Waals surface area contributed by atoms with Crippen molar-refractivity contribution in [2.24, 2.45) is 0 Å². The maximum atomic E-state index is 12.1. The molecule has 0 spiro atoms. The van der Waals surface area contributed by atoms with Crippen LogP contribution in [0.25, 0.3) is 0 Å². The molecule has 0 aliphatic heterocycles. The van der Waals surface area contributed by atoms with Gasteiger partial charge in [-0.15, -0.1) is 0 Å². The number of carbonyl (C=O) groups excluding carboxylic acids is 1. The Morgan fingerprint density at radius 3 is 2.68 bits per heavy atom. The van der Waals surface area contributed by atoms with Gasteiger partial charge in [0.1, 0.15) is 0 Å². The Bertz CT molecular complexity index is 585. The van der Waals surface area contributed by atoms with E-state index < -0.39 is 9.84 Å². The number of carbonyl (C=O) groups is 1. The molecule has 0 radical (unpaired) electrons. The van der Waals surface area contributed by atoms with Crippen LogP contribution in [0.15, 0.2) is 29.2 Å². The zero-order chi connectivity index (χ0) is 14.0. The van der Waals surface area contributed by atoms with Crippen molar-refractivity contribution in [1.29, 1.82) is 0 Å². The third-order valence-electron chi connectivity index (χ3n) is 3.27. The van der Waals surface area contributed by atoms with Crippen LogP contribution in [-0.2, 0) is 9.84 Å². The zero-order valence-electron chi connectivity index (χ0n) is 10.6. The van der Waals surface area contributed by atoms with Crippen LogP contribution in [0.3, 0.4) is 0 Å². The Morgan fingerprint density at radius 2 is 2.11 bits per heavy atom. The van der Waals surface area contributed by atoms with Gasteiger partial charge in [-0.05, 0) is 31.0 Å². The van der Waals surface area contributed by atoms with E-state index in [-0.39, 0.29) is 16.8 Å². The van der Waals surface area contributed by atoms with E-state index in [4.69, 9.17) is 0 Å². The molecule has 0 heterocycles. The molecule has 1 aromatic carbocycles. The van der Waals surface area contributed by atoms with Crippen LogP contribution in [0.2, 0.25) is 0 Å². The molecule has 2 rings (SSSR count). The lowest BCUT2D eigenvalue weighted by Crippen LogP contribution is -2.37. The number of nitrogens with one attached hydrogen (secondary N) is 1. The monoisotopic (exact) mass is 345 g/mol. The van der Waals surface area contributed by atoms with E-state index in [1.54, 1.807) is 12.1 Å². The predicted octanol–water partition coefficient (Wildman–Crippen LogP) is 2.14. The highest BCUT2D eigenvalue weighted by molar-refractivity contribution is 9.09. The number of rotatable bonds is 3. The van der Waals surface area contributed by atoms with Crippen molar-refractivity contribution in [3.05, 3.63) is 29.8 Å². The van der Waals surface area contributed by atoms with Crippen LogP contribution in [0.5, 0.6) is 0 Å². The second-order valence-corrected chi connectivity index (χ2v) is 8.02. The predicted molar refractivity (Wildman–Crippen MR) is 77.4 cm³/mol. The topological polar surface area (TPSA) is 63.2 Å². The summed E-state index contributed by atoms with van der Waals surface area (Å²) in [5, 5.41) is 2.94. The van der Waals surface area contributed by atoms with Crippen LogP contribution >= 0.6 is 15.9 Å². The number of benzene rings is 1. The molecular weight excluding hydrogens is 330 g/mol. The molecule has 1 saturated carbocycles. The number of hydrogen-bond donors (Lipinski definition) is 1. The highest BCUT2D eigenvalue weighted by Crippen LogP contribution is 2.25. The first kappa shape index (κ1) is 14.5. The number of hydrogen-bond acceptors (Lipinski definition) is 3. The number of amides is 1. The summed E-state index contributed by atoms with van der Waals surface area (Å²) in [6.45, 7) is 0. The smallest absolute Gasteiger partial charge is 0.251 e. The lowest BCUT2D eigenvalue weighted by Gasteiger charge is -2.16. The average molecular weight is 346 g/mol. The molecule has 19 heavy (non-hydrogen) atoms. The SMILES string of the molecule is CS(=O)(=O)c1cccc(C(=O)NC2CCCC2Br)c1. The molecule has 6 heteroatoms. The molecule has 0 aromatic heterocycles. The van der Waals surface area contributed by atoms with E-state index >= 15 is 0 Å². The van der Waals surface area contributed by atoms with Gasteiger partial charge in [0.05, 0.1) is 4.90 Å². The number of halogens is 1. The Labute approximate surface area is 121 Å².